The third kappa shape index (κ3) is 4.69. The number of methoxy groups -OCH3 is 1. The van der Waals surface area contributed by atoms with Crippen LogP contribution in [-0.2, 0) is 14.3 Å². The van der Waals surface area contributed by atoms with Gasteiger partial charge < -0.3 is 14.2 Å². The Morgan fingerprint density at radius 2 is 2.12 bits per heavy atom. The number of rotatable bonds is 7. The van der Waals surface area contributed by atoms with Crippen molar-refractivity contribution >= 4 is 57.9 Å². The SMILES string of the molecule is CCOC(=O)COc1c(Cl)cc(/C=C2/SC(=S)N(CC)C2=O)cc1OC. The normalized spacial score (nSPS) is 15.5. The number of thioether (sulfide) groups is 1. The predicted molar refractivity (Wildman–Crippen MR) is 106 cm³/mol. The molecule has 1 saturated heterocycles. The standard InChI is InChI=1S/C17H18ClNO5S2/c1-4-19-16(21)13(26-17(19)25)8-10-6-11(18)15(12(7-10)22-3)24-9-14(20)23-5-2/h6-8H,4-5,9H2,1-3H3/b13-8+. The summed E-state index contributed by atoms with van der Waals surface area (Å²) in [6, 6.07) is 3.30. The number of thiocarbonyl (C=S) groups is 1. The maximum Gasteiger partial charge on any atom is 0.344 e. The van der Waals surface area contributed by atoms with Crippen LogP contribution in [0.1, 0.15) is 19.4 Å². The molecule has 0 atom stereocenters. The molecule has 2 rings (SSSR count). The van der Waals surface area contributed by atoms with E-state index in [1.165, 1.54) is 23.8 Å². The summed E-state index contributed by atoms with van der Waals surface area (Å²) in [5.74, 6) is -0.0577. The Hall–Kier alpha value is -1.77. The van der Waals surface area contributed by atoms with Crippen LogP contribution in [0.5, 0.6) is 11.5 Å². The van der Waals surface area contributed by atoms with Crippen molar-refractivity contribution in [2.75, 3.05) is 26.9 Å². The Labute approximate surface area is 166 Å². The lowest BCUT2D eigenvalue weighted by molar-refractivity contribution is -0.145. The summed E-state index contributed by atoms with van der Waals surface area (Å²) < 4.78 is 16.1. The number of amides is 1. The number of ether oxygens (including phenoxy) is 3. The molecule has 1 heterocycles. The minimum Gasteiger partial charge on any atom is -0.493 e. The largest absolute Gasteiger partial charge is 0.493 e. The fourth-order valence-electron chi connectivity index (χ4n) is 2.22. The molecule has 6 nitrogen and oxygen atoms in total. The van der Waals surface area contributed by atoms with Crippen molar-refractivity contribution in [3.63, 3.8) is 0 Å². The van der Waals surface area contributed by atoms with Crippen LogP contribution in [0.15, 0.2) is 17.0 Å². The van der Waals surface area contributed by atoms with Crippen LogP contribution >= 0.6 is 35.6 Å². The van der Waals surface area contributed by atoms with Crippen LogP contribution in [-0.4, -0.2) is 48.0 Å². The molecule has 1 aromatic rings. The molecule has 1 aliphatic rings. The van der Waals surface area contributed by atoms with Gasteiger partial charge in [-0.05, 0) is 37.6 Å². The second-order valence-electron chi connectivity index (χ2n) is 5.05. The zero-order valence-corrected chi connectivity index (χ0v) is 16.9. The Kier molecular flexibility index (Phi) is 7.31. The highest BCUT2D eigenvalue weighted by Gasteiger charge is 2.30. The van der Waals surface area contributed by atoms with Crippen LogP contribution < -0.4 is 9.47 Å². The number of hydrogen-bond acceptors (Lipinski definition) is 7. The summed E-state index contributed by atoms with van der Waals surface area (Å²) in [6.07, 6.45) is 1.69. The van der Waals surface area contributed by atoms with Gasteiger partial charge >= 0.3 is 5.97 Å². The molecule has 140 valence electrons. The fourth-order valence-corrected chi connectivity index (χ4v) is 3.88. The number of halogens is 1. The predicted octanol–water partition coefficient (Wildman–Crippen LogP) is 3.51. The summed E-state index contributed by atoms with van der Waals surface area (Å²) in [5, 5.41) is 0.255. The Morgan fingerprint density at radius 1 is 1.38 bits per heavy atom. The van der Waals surface area contributed by atoms with E-state index in [0.29, 0.717) is 27.1 Å². The van der Waals surface area contributed by atoms with Crippen LogP contribution in [0, 0.1) is 0 Å². The summed E-state index contributed by atoms with van der Waals surface area (Å²) in [5.41, 5.74) is 0.659. The molecule has 1 fully saturated rings. The van der Waals surface area contributed by atoms with E-state index in [0.717, 1.165) is 0 Å². The summed E-state index contributed by atoms with van der Waals surface area (Å²) in [4.78, 5) is 25.8. The quantitative estimate of drug-likeness (QED) is 0.383. The van der Waals surface area contributed by atoms with E-state index in [1.807, 2.05) is 6.92 Å². The first-order valence-corrected chi connectivity index (χ1v) is 9.42. The molecule has 1 aromatic carbocycles. The number of benzene rings is 1. The molecule has 0 aliphatic carbocycles. The minimum absolute atomic E-state index is 0.139. The number of nitrogens with zero attached hydrogens (tertiary/aromatic N) is 1. The summed E-state index contributed by atoms with van der Waals surface area (Å²) in [7, 11) is 1.46. The highest BCUT2D eigenvalue weighted by molar-refractivity contribution is 8.26. The van der Waals surface area contributed by atoms with Gasteiger partial charge in [-0.2, -0.15) is 0 Å². The van der Waals surface area contributed by atoms with Gasteiger partial charge in [-0.15, -0.1) is 0 Å². The van der Waals surface area contributed by atoms with E-state index in [1.54, 1.807) is 25.1 Å². The first-order valence-electron chi connectivity index (χ1n) is 7.82. The molecule has 0 saturated carbocycles. The minimum atomic E-state index is -0.502. The van der Waals surface area contributed by atoms with Crippen LogP contribution in [0.25, 0.3) is 6.08 Å². The lowest BCUT2D eigenvalue weighted by atomic mass is 10.1. The van der Waals surface area contributed by atoms with Gasteiger partial charge in [0.15, 0.2) is 18.1 Å². The zero-order valence-electron chi connectivity index (χ0n) is 14.5. The molecule has 1 aliphatic heterocycles. The van der Waals surface area contributed by atoms with Gasteiger partial charge in [-0.25, -0.2) is 4.79 Å². The van der Waals surface area contributed by atoms with E-state index in [9.17, 15) is 9.59 Å². The first kappa shape index (κ1) is 20.5. The molecule has 0 N–H and O–H groups in total. The Balaban J connectivity index is 2.26. The van der Waals surface area contributed by atoms with Gasteiger partial charge in [0, 0.05) is 6.54 Å². The number of carbonyl (C=O) groups is 2. The van der Waals surface area contributed by atoms with E-state index < -0.39 is 5.97 Å². The second-order valence-corrected chi connectivity index (χ2v) is 7.14. The molecule has 0 radical (unpaired) electrons. The van der Waals surface area contributed by atoms with Crippen molar-refractivity contribution in [1.82, 2.24) is 4.90 Å². The summed E-state index contributed by atoms with van der Waals surface area (Å²) >= 11 is 12.7. The second kappa shape index (κ2) is 9.25. The highest BCUT2D eigenvalue weighted by Crippen LogP contribution is 2.39. The van der Waals surface area contributed by atoms with Gasteiger partial charge in [0.1, 0.15) is 4.32 Å². The summed E-state index contributed by atoms with van der Waals surface area (Å²) in [6.45, 7) is 4.08. The molecular weight excluding hydrogens is 398 g/mol. The fraction of sp³-hybridized carbons (Fsp3) is 0.353. The third-order valence-electron chi connectivity index (χ3n) is 3.38. The molecular formula is C17H18ClNO5S2. The first-order chi connectivity index (χ1) is 12.4. The number of carbonyl (C=O) groups excluding carboxylic acids is 2. The smallest absolute Gasteiger partial charge is 0.344 e. The number of hydrogen-bond donors (Lipinski definition) is 0. The molecule has 26 heavy (non-hydrogen) atoms. The molecule has 9 heteroatoms. The van der Waals surface area contributed by atoms with Crippen LogP contribution in [0.3, 0.4) is 0 Å². The number of esters is 1. The molecule has 0 spiro atoms. The van der Waals surface area contributed by atoms with E-state index >= 15 is 0 Å². The lowest BCUT2D eigenvalue weighted by Crippen LogP contribution is -2.27. The average molecular weight is 416 g/mol. The van der Waals surface area contributed by atoms with Crippen molar-refractivity contribution in [3.05, 3.63) is 27.6 Å². The average Bonchev–Trinajstić information content (AvgIpc) is 2.86. The maximum atomic E-state index is 12.3. The van der Waals surface area contributed by atoms with Crippen LogP contribution in [0.2, 0.25) is 5.02 Å². The maximum absolute atomic E-state index is 12.3. The topological polar surface area (TPSA) is 65.1 Å². The Bertz CT molecular complexity index is 766. The van der Waals surface area contributed by atoms with Crippen molar-refractivity contribution in [2.24, 2.45) is 0 Å². The van der Waals surface area contributed by atoms with E-state index in [-0.39, 0.29) is 29.9 Å². The molecule has 0 aromatic heterocycles. The molecule has 0 unspecified atom stereocenters. The van der Waals surface area contributed by atoms with E-state index in [4.69, 9.17) is 38.0 Å². The molecule has 0 bridgehead atoms. The van der Waals surface area contributed by atoms with Gasteiger partial charge in [0.05, 0.1) is 23.6 Å². The zero-order chi connectivity index (χ0) is 19.3. The highest BCUT2D eigenvalue weighted by atomic mass is 35.5. The molecule has 1 amide bonds. The van der Waals surface area contributed by atoms with Crippen molar-refractivity contribution < 1.29 is 23.8 Å². The van der Waals surface area contributed by atoms with Gasteiger partial charge in [0.2, 0.25) is 0 Å². The van der Waals surface area contributed by atoms with Crippen molar-refractivity contribution in [1.29, 1.82) is 0 Å². The van der Waals surface area contributed by atoms with Gasteiger partial charge in [0.25, 0.3) is 5.91 Å². The van der Waals surface area contributed by atoms with Crippen molar-refractivity contribution in [2.45, 2.75) is 13.8 Å². The lowest BCUT2D eigenvalue weighted by Gasteiger charge is -2.13. The van der Waals surface area contributed by atoms with Crippen LogP contribution in [0.4, 0.5) is 0 Å². The number of likely N-dealkylation sites (N-methyl/N-ethyl adjacent to an activating group) is 1. The Morgan fingerprint density at radius 3 is 2.69 bits per heavy atom. The van der Waals surface area contributed by atoms with Crippen molar-refractivity contribution in [3.8, 4) is 11.5 Å². The van der Waals surface area contributed by atoms with Gasteiger partial charge in [-0.3, -0.25) is 9.69 Å². The monoisotopic (exact) mass is 415 g/mol. The third-order valence-corrected chi connectivity index (χ3v) is 5.04. The van der Waals surface area contributed by atoms with E-state index in [2.05, 4.69) is 0 Å². The van der Waals surface area contributed by atoms with Gasteiger partial charge in [-0.1, -0.05) is 35.6 Å².